The van der Waals surface area contributed by atoms with Gasteiger partial charge in [-0.1, -0.05) is 20.3 Å². The molecule has 4 rings (SSSR count). The average molecular weight is 333 g/mol. The van der Waals surface area contributed by atoms with E-state index in [9.17, 15) is 4.79 Å². The van der Waals surface area contributed by atoms with Gasteiger partial charge in [-0.2, -0.15) is 0 Å². The fraction of sp³-hybridized carbons (Fsp3) is 0.955. The van der Waals surface area contributed by atoms with Gasteiger partial charge < -0.3 is 4.74 Å². The van der Waals surface area contributed by atoms with Crippen molar-refractivity contribution in [1.82, 2.24) is 0 Å². The highest BCUT2D eigenvalue weighted by atomic mass is 16.5. The highest BCUT2D eigenvalue weighted by molar-refractivity contribution is 5.87. The van der Waals surface area contributed by atoms with E-state index in [0.29, 0.717) is 23.2 Å². The number of carbonyl (C=O) groups is 1. The first-order valence-corrected chi connectivity index (χ1v) is 10.5. The van der Waals surface area contributed by atoms with Crippen molar-refractivity contribution >= 4 is 5.78 Å². The van der Waals surface area contributed by atoms with Crippen LogP contribution >= 0.6 is 0 Å². The average Bonchev–Trinajstić information content (AvgIpc) is 2.89. The molecule has 4 aliphatic carbocycles. The van der Waals surface area contributed by atoms with Gasteiger partial charge in [-0.25, -0.2) is 0 Å². The van der Waals surface area contributed by atoms with E-state index >= 15 is 0 Å². The number of hydrogen-bond donors (Lipinski definition) is 0. The number of ether oxygens (including phenoxy) is 1. The monoisotopic (exact) mass is 332 g/mol. The Morgan fingerprint density at radius 2 is 1.88 bits per heavy atom. The maximum Gasteiger partial charge on any atom is 0.139 e. The van der Waals surface area contributed by atoms with Crippen LogP contribution in [-0.2, 0) is 9.53 Å². The smallest absolute Gasteiger partial charge is 0.139 e. The second-order valence-corrected chi connectivity index (χ2v) is 9.94. The zero-order chi connectivity index (χ0) is 17.1. The maximum atomic E-state index is 12.6. The number of rotatable bonds is 2. The summed E-state index contributed by atoms with van der Waals surface area (Å²) in [6, 6.07) is 0. The summed E-state index contributed by atoms with van der Waals surface area (Å²) in [5.41, 5.74) is 0.393. The predicted octanol–water partition coefficient (Wildman–Crippen LogP) is 5.25. The van der Waals surface area contributed by atoms with Crippen LogP contribution in [0.2, 0.25) is 0 Å². The Labute approximate surface area is 148 Å². The van der Waals surface area contributed by atoms with Gasteiger partial charge in [0, 0.05) is 24.4 Å². The van der Waals surface area contributed by atoms with Crippen LogP contribution < -0.4 is 0 Å². The Balaban J connectivity index is 1.70. The highest BCUT2D eigenvalue weighted by Gasteiger charge is 2.62. The molecule has 2 heteroatoms. The lowest BCUT2D eigenvalue weighted by Crippen LogP contribution is -2.58. The molecule has 0 amide bonds. The molecule has 0 heterocycles. The van der Waals surface area contributed by atoms with Crippen LogP contribution in [0, 0.1) is 40.4 Å². The third-order valence-electron chi connectivity index (χ3n) is 9.31. The molecule has 2 nitrogen and oxygen atoms in total. The Morgan fingerprint density at radius 1 is 1.08 bits per heavy atom. The quantitative estimate of drug-likeness (QED) is 0.690. The molecule has 0 aromatic heterocycles. The molecule has 0 aromatic rings. The van der Waals surface area contributed by atoms with E-state index in [0.717, 1.165) is 42.9 Å². The molecule has 0 aliphatic heterocycles. The molecule has 0 saturated heterocycles. The van der Waals surface area contributed by atoms with Crippen molar-refractivity contribution in [2.75, 3.05) is 7.11 Å². The number of Topliss-reactive ketones (excluding diaryl/α,β-unsaturated/α-hetero) is 1. The number of methoxy groups -OCH3 is 1. The maximum absolute atomic E-state index is 12.6. The zero-order valence-electron chi connectivity index (χ0n) is 16.1. The van der Waals surface area contributed by atoms with Crippen molar-refractivity contribution in [3.63, 3.8) is 0 Å². The van der Waals surface area contributed by atoms with Crippen LogP contribution in [0.25, 0.3) is 0 Å². The molecule has 0 spiro atoms. The lowest BCUT2D eigenvalue weighted by atomic mass is 9.43. The van der Waals surface area contributed by atoms with Crippen LogP contribution in [0.3, 0.4) is 0 Å². The van der Waals surface area contributed by atoms with Crippen molar-refractivity contribution in [1.29, 1.82) is 0 Å². The molecule has 8 atom stereocenters. The fourth-order valence-corrected chi connectivity index (χ4v) is 7.98. The van der Waals surface area contributed by atoms with E-state index < -0.39 is 0 Å². The molecule has 0 N–H and O–H groups in total. The molecule has 0 bridgehead atoms. The second-order valence-electron chi connectivity index (χ2n) is 9.94. The highest BCUT2D eigenvalue weighted by Crippen LogP contribution is 2.67. The summed E-state index contributed by atoms with van der Waals surface area (Å²) in [6.45, 7) is 7.09. The van der Waals surface area contributed by atoms with E-state index in [1.54, 1.807) is 0 Å². The van der Waals surface area contributed by atoms with E-state index in [2.05, 4.69) is 20.8 Å². The van der Waals surface area contributed by atoms with Crippen molar-refractivity contribution in [2.24, 2.45) is 40.4 Å². The molecule has 8 unspecified atom stereocenters. The van der Waals surface area contributed by atoms with Gasteiger partial charge in [0.05, 0.1) is 6.10 Å². The second kappa shape index (κ2) is 5.83. The first-order valence-electron chi connectivity index (χ1n) is 10.5. The summed E-state index contributed by atoms with van der Waals surface area (Å²) in [6.07, 6.45) is 11.6. The van der Waals surface area contributed by atoms with Gasteiger partial charge in [0.15, 0.2) is 0 Å². The summed E-state index contributed by atoms with van der Waals surface area (Å²) in [5.74, 6) is 4.52. The van der Waals surface area contributed by atoms with E-state index in [1.807, 2.05) is 7.11 Å². The largest absolute Gasteiger partial charge is 0.381 e. The van der Waals surface area contributed by atoms with E-state index in [4.69, 9.17) is 4.74 Å². The van der Waals surface area contributed by atoms with Crippen LogP contribution in [0.15, 0.2) is 0 Å². The molecular formula is C22H36O2. The Morgan fingerprint density at radius 3 is 2.62 bits per heavy atom. The molecule has 4 aliphatic rings. The van der Waals surface area contributed by atoms with Crippen LogP contribution in [0.4, 0.5) is 0 Å². The number of carbonyl (C=O) groups excluding carboxylic acids is 1. The molecule has 0 radical (unpaired) electrons. The topological polar surface area (TPSA) is 26.3 Å². The number of hydrogen-bond acceptors (Lipinski definition) is 2. The van der Waals surface area contributed by atoms with E-state index in [-0.39, 0.29) is 5.41 Å². The minimum atomic E-state index is 0.00740. The normalized spacial score (nSPS) is 52.3. The Kier molecular flexibility index (Phi) is 4.14. The minimum Gasteiger partial charge on any atom is -0.381 e. The Hall–Kier alpha value is -0.370. The molecule has 4 saturated carbocycles. The molecule has 136 valence electrons. The summed E-state index contributed by atoms with van der Waals surface area (Å²) in [7, 11) is 1.92. The van der Waals surface area contributed by atoms with Gasteiger partial charge >= 0.3 is 0 Å². The van der Waals surface area contributed by atoms with Crippen LogP contribution in [0.1, 0.15) is 78.6 Å². The summed E-state index contributed by atoms with van der Waals surface area (Å²) >= 11 is 0. The Bertz CT molecular complexity index is 514. The van der Waals surface area contributed by atoms with Crippen molar-refractivity contribution in [2.45, 2.75) is 84.7 Å². The minimum absolute atomic E-state index is 0.00740. The summed E-state index contributed by atoms with van der Waals surface area (Å²) in [4.78, 5) is 12.6. The first-order chi connectivity index (χ1) is 11.4. The molecule has 4 fully saturated rings. The number of fused-ring (bicyclic) bond motifs is 5. The number of ketones is 1. The summed E-state index contributed by atoms with van der Waals surface area (Å²) in [5, 5.41) is 0. The lowest BCUT2D eigenvalue weighted by molar-refractivity contribution is -0.177. The van der Waals surface area contributed by atoms with Gasteiger partial charge in [-0.15, -0.1) is 0 Å². The fourth-order valence-electron chi connectivity index (χ4n) is 7.98. The molecular weight excluding hydrogens is 296 g/mol. The van der Waals surface area contributed by atoms with Crippen molar-refractivity contribution in [3.8, 4) is 0 Å². The molecule has 0 aromatic carbocycles. The lowest BCUT2D eigenvalue weighted by Gasteiger charge is -2.63. The first kappa shape index (κ1) is 17.1. The standard InChI is InChI=1S/C22H36O2/c1-14-9-12-22(15(2)24-4)16(13-14)5-6-17-18-7-8-20(23)21(18,3)11-10-19(17)22/h14-19H,5-13H2,1-4H3. The third-order valence-corrected chi connectivity index (χ3v) is 9.31. The van der Waals surface area contributed by atoms with Gasteiger partial charge in [0.2, 0.25) is 0 Å². The van der Waals surface area contributed by atoms with Gasteiger partial charge in [-0.3, -0.25) is 4.79 Å². The van der Waals surface area contributed by atoms with Crippen LogP contribution in [0.5, 0.6) is 0 Å². The van der Waals surface area contributed by atoms with Gasteiger partial charge in [-0.05, 0) is 81.5 Å². The van der Waals surface area contributed by atoms with E-state index in [1.165, 1.54) is 38.5 Å². The molecule has 24 heavy (non-hydrogen) atoms. The van der Waals surface area contributed by atoms with Crippen molar-refractivity contribution in [3.05, 3.63) is 0 Å². The predicted molar refractivity (Wildman–Crippen MR) is 96.7 cm³/mol. The summed E-state index contributed by atoms with van der Waals surface area (Å²) < 4.78 is 6.02. The zero-order valence-corrected chi connectivity index (χ0v) is 16.1. The SMILES string of the molecule is COC(C)C12CCC(C)CC1CCC1C3CCC(=O)C3(C)CCC12. The van der Waals surface area contributed by atoms with Crippen molar-refractivity contribution < 1.29 is 9.53 Å². The van der Waals surface area contributed by atoms with Crippen LogP contribution in [-0.4, -0.2) is 19.0 Å². The van der Waals surface area contributed by atoms with Gasteiger partial charge in [0.1, 0.15) is 5.78 Å². The third kappa shape index (κ3) is 2.14. The van der Waals surface area contributed by atoms with Gasteiger partial charge in [0.25, 0.3) is 0 Å².